The summed E-state index contributed by atoms with van der Waals surface area (Å²) in [6, 6.07) is 5.45. The number of nitrogens with one attached hydrogen (secondary N) is 1. The van der Waals surface area contributed by atoms with Crippen molar-refractivity contribution in [1.82, 2.24) is 25.0 Å². The standard InChI is InChI=1S/C18H13F3N6O2S/c1-9(28)24-18-26-25-16(30-18)8-27-14-4-11(6-22-13(14)7-23-27)10-2-3-12(19)15(5-10)29-17(20)21/h2-7,17H,8H2,1H3,(H,24,26,28). The molecule has 0 spiro atoms. The lowest BCUT2D eigenvalue weighted by Gasteiger charge is -2.09. The van der Waals surface area contributed by atoms with Crippen molar-refractivity contribution in [2.75, 3.05) is 5.32 Å². The van der Waals surface area contributed by atoms with Gasteiger partial charge in [-0.05, 0) is 23.8 Å². The van der Waals surface area contributed by atoms with Gasteiger partial charge in [0.1, 0.15) is 10.5 Å². The van der Waals surface area contributed by atoms with Crippen molar-refractivity contribution in [3.05, 3.63) is 47.5 Å². The predicted molar refractivity (Wildman–Crippen MR) is 103 cm³/mol. The summed E-state index contributed by atoms with van der Waals surface area (Å²) in [7, 11) is 0. The first-order valence-corrected chi connectivity index (χ1v) is 9.37. The number of carbonyl (C=O) groups is 1. The zero-order valence-electron chi connectivity index (χ0n) is 15.3. The molecule has 12 heteroatoms. The summed E-state index contributed by atoms with van der Waals surface area (Å²) >= 11 is 1.21. The zero-order chi connectivity index (χ0) is 21.3. The number of hydrogen-bond donors (Lipinski definition) is 1. The predicted octanol–water partition coefficient (Wildman–Crippen LogP) is 3.70. The molecule has 0 aliphatic carbocycles. The van der Waals surface area contributed by atoms with E-state index < -0.39 is 18.2 Å². The summed E-state index contributed by atoms with van der Waals surface area (Å²) in [5.41, 5.74) is 2.29. The van der Waals surface area contributed by atoms with Crippen molar-refractivity contribution in [3.8, 4) is 16.9 Å². The highest BCUT2D eigenvalue weighted by atomic mass is 32.1. The summed E-state index contributed by atoms with van der Waals surface area (Å²) in [4.78, 5) is 15.4. The third kappa shape index (κ3) is 4.22. The van der Waals surface area contributed by atoms with Crippen molar-refractivity contribution in [3.63, 3.8) is 0 Å². The van der Waals surface area contributed by atoms with E-state index >= 15 is 0 Å². The smallest absolute Gasteiger partial charge is 0.387 e. The van der Waals surface area contributed by atoms with Crippen LogP contribution in [0.15, 0.2) is 36.7 Å². The Morgan fingerprint density at radius 1 is 1.23 bits per heavy atom. The molecule has 4 aromatic rings. The minimum atomic E-state index is -3.13. The van der Waals surface area contributed by atoms with Gasteiger partial charge in [-0.25, -0.2) is 4.39 Å². The molecule has 0 radical (unpaired) electrons. The van der Waals surface area contributed by atoms with Gasteiger partial charge < -0.3 is 10.1 Å². The fourth-order valence-electron chi connectivity index (χ4n) is 2.76. The van der Waals surface area contributed by atoms with Gasteiger partial charge in [-0.15, -0.1) is 10.2 Å². The van der Waals surface area contributed by atoms with Gasteiger partial charge in [0.15, 0.2) is 11.6 Å². The number of benzene rings is 1. The molecule has 154 valence electrons. The van der Waals surface area contributed by atoms with Crippen molar-refractivity contribution in [2.45, 2.75) is 20.1 Å². The molecule has 0 saturated heterocycles. The highest BCUT2D eigenvalue weighted by molar-refractivity contribution is 7.15. The van der Waals surface area contributed by atoms with E-state index in [1.807, 2.05) is 0 Å². The van der Waals surface area contributed by atoms with E-state index in [4.69, 9.17) is 0 Å². The van der Waals surface area contributed by atoms with Crippen LogP contribution in [-0.4, -0.2) is 37.5 Å². The van der Waals surface area contributed by atoms with E-state index in [0.29, 0.717) is 32.3 Å². The fraction of sp³-hybridized carbons (Fsp3) is 0.167. The van der Waals surface area contributed by atoms with Crippen LogP contribution in [0.2, 0.25) is 0 Å². The maximum atomic E-state index is 13.7. The highest BCUT2D eigenvalue weighted by Crippen LogP contribution is 2.29. The van der Waals surface area contributed by atoms with Crippen LogP contribution in [0, 0.1) is 5.82 Å². The monoisotopic (exact) mass is 434 g/mol. The van der Waals surface area contributed by atoms with Gasteiger partial charge in [-0.2, -0.15) is 13.9 Å². The lowest BCUT2D eigenvalue weighted by atomic mass is 10.1. The molecular formula is C18H13F3N6O2S. The third-order valence-corrected chi connectivity index (χ3v) is 4.83. The van der Waals surface area contributed by atoms with Crippen LogP contribution in [0.5, 0.6) is 5.75 Å². The van der Waals surface area contributed by atoms with E-state index in [2.05, 4.69) is 30.3 Å². The SMILES string of the molecule is CC(=O)Nc1nnc(Cn2ncc3ncc(-c4ccc(F)c(OC(F)F)c4)cc32)s1. The van der Waals surface area contributed by atoms with Gasteiger partial charge in [0.05, 0.1) is 18.3 Å². The van der Waals surface area contributed by atoms with Gasteiger partial charge in [0.2, 0.25) is 11.0 Å². The number of hydrogen-bond acceptors (Lipinski definition) is 7. The second kappa shape index (κ2) is 8.06. The number of pyridine rings is 1. The first kappa shape index (κ1) is 19.8. The Balaban J connectivity index is 1.65. The number of aromatic nitrogens is 5. The Labute approximate surface area is 171 Å². The van der Waals surface area contributed by atoms with Crippen molar-refractivity contribution in [2.24, 2.45) is 0 Å². The molecule has 0 aliphatic heterocycles. The van der Waals surface area contributed by atoms with E-state index in [9.17, 15) is 18.0 Å². The first-order valence-electron chi connectivity index (χ1n) is 8.55. The molecule has 4 rings (SSSR count). The Morgan fingerprint density at radius 2 is 2.07 bits per heavy atom. The summed E-state index contributed by atoms with van der Waals surface area (Å²) in [6.07, 6.45) is 3.11. The third-order valence-electron chi connectivity index (χ3n) is 4.01. The average Bonchev–Trinajstić information content (AvgIpc) is 3.29. The Kier molecular flexibility index (Phi) is 5.31. The van der Waals surface area contributed by atoms with Crippen LogP contribution in [0.1, 0.15) is 11.9 Å². The molecule has 0 saturated carbocycles. The molecule has 1 amide bonds. The Morgan fingerprint density at radius 3 is 2.83 bits per heavy atom. The zero-order valence-corrected chi connectivity index (χ0v) is 16.2. The molecule has 1 aromatic carbocycles. The lowest BCUT2D eigenvalue weighted by Crippen LogP contribution is -2.04. The van der Waals surface area contributed by atoms with Crippen molar-refractivity contribution >= 4 is 33.4 Å². The van der Waals surface area contributed by atoms with Crippen LogP contribution < -0.4 is 10.1 Å². The van der Waals surface area contributed by atoms with Crippen LogP contribution in [0.3, 0.4) is 0 Å². The second-order valence-corrected chi connectivity index (χ2v) is 7.20. The number of anilines is 1. The molecular weight excluding hydrogens is 421 g/mol. The average molecular weight is 434 g/mol. The van der Waals surface area contributed by atoms with E-state index in [-0.39, 0.29) is 12.5 Å². The first-order chi connectivity index (χ1) is 14.4. The van der Waals surface area contributed by atoms with Crippen molar-refractivity contribution in [1.29, 1.82) is 0 Å². The van der Waals surface area contributed by atoms with Gasteiger partial charge >= 0.3 is 6.61 Å². The Bertz CT molecular complexity index is 1230. The Hall–Kier alpha value is -3.54. The molecule has 0 fully saturated rings. The molecule has 1 N–H and O–H groups in total. The topological polar surface area (TPSA) is 94.8 Å². The summed E-state index contributed by atoms with van der Waals surface area (Å²) < 4.78 is 44.5. The maximum absolute atomic E-state index is 13.7. The van der Waals surface area contributed by atoms with Gasteiger partial charge in [-0.3, -0.25) is 14.5 Å². The van der Waals surface area contributed by atoms with Crippen LogP contribution >= 0.6 is 11.3 Å². The van der Waals surface area contributed by atoms with E-state index in [1.165, 1.54) is 36.6 Å². The molecule has 8 nitrogen and oxygen atoms in total. The minimum Gasteiger partial charge on any atom is -0.432 e. The molecule has 0 unspecified atom stereocenters. The molecule has 3 aromatic heterocycles. The molecule has 0 aliphatic rings. The maximum Gasteiger partial charge on any atom is 0.387 e. The van der Waals surface area contributed by atoms with Gasteiger partial charge in [0.25, 0.3) is 0 Å². The number of fused-ring (bicyclic) bond motifs is 1. The lowest BCUT2D eigenvalue weighted by molar-refractivity contribution is -0.114. The number of ether oxygens (including phenoxy) is 1. The van der Waals surface area contributed by atoms with Gasteiger partial charge in [0, 0.05) is 18.7 Å². The molecule has 3 heterocycles. The number of rotatable bonds is 6. The molecule has 0 atom stereocenters. The summed E-state index contributed by atoms with van der Waals surface area (Å²) in [6.45, 7) is -1.47. The number of alkyl halides is 2. The van der Waals surface area contributed by atoms with Gasteiger partial charge in [-0.1, -0.05) is 17.4 Å². The molecule has 0 bridgehead atoms. The van der Waals surface area contributed by atoms with Crippen LogP contribution in [0.4, 0.5) is 18.3 Å². The quantitative estimate of drug-likeness (QED) is 0.497. The second-order valence-electron chi connectivity index (χ2n) is 6.14. The number of halogens is 3. The van der Waals surface area contributed by atoms with E-state index in [1.54, 1.807) is 16.9 Å². The van der Waals surface area contributed by atoms with Crippen LogP contribution in [0.25, 0.3) is 22.2 Å². The minimum absolute atomic E-state index is 0.245. The van der Waals surface area contributed by atoms with Crippen molar-refractivity contribution < 1.29 is 22.7 Å². The summed E-state index contributed by atoms with van der Waals surface area (Å²) in [5.74, 6) is -1.68. The fourth-order valence-corrected chi connectivity index (χ4v) is 3.52. The normalized spacial score (nSPS) is 11.2. The van der Waals surface area contributed by atoms with E-state index in [0.717, 1.165) is 6.07 Å². The van der Waals surface area contributed by atoms with Crippen LogP contribution in [-0.2, 0) is 11.3 Å². The number of carbonyl (C=O) groups excluding carboxylic acids is 1. The largest absolute Gasteiger partial charge is 0.432 e. The summed E-state index contributed by atoms with van der Waals surface area (Å²) in [5, 5.41) is 15.8. The molecule has 30 heavy (non-hydrogen) atoms. The number of nitrogens with zero attached hydrogens (tertiary/aromatic N) is 5. The number of amides is 1. The highest BCUT2D eigenvalue weighted by Gasteiger charge is 2.14.